The Hall–Kier alpha value is 0. The minimum atomic E-state index is 0.848. The van der Waals surface area contributed by atoms with Gasteiger partial charge < -0.3 is 0 Å². The van der Waals surface area contributed by atoms with Crippen molar-refractivity contribution >= 4 is 0 Å². The predicted molar refractivity (Wildman–Crippen MR) is 81.1 cm³/mol. The van der Waals surface area contributed by atoms with E-state index in [4.69, 9.17) is 0 Å². The number of rotatable bonds is 0. The largest absolute Gasteiger partial charge is 0.0619 e. The lowest BCUT2D eigenvalue weighted by molar-refractivity contribution is 0.123. The van der Waals surface area contributed by atoms with E-state index in [9.17, 15) is 0 Å². The van der Waals surface area contributed by atoms with E-state index in [-0.39, 0.29) is 0 Å². The second-order valence-electron chi connectivity index (χ2n) is 11.1. The second-order valence-corrected chi connectivity index (χ2v) is 11.1. The van der Waals surface area contributed by atoms with E-state index in [1.807, 2.05) is 0 Å². The van der Waals surface area contributed by atoms with E-state index in [2.05, 4.69) is 13.8 Å². The van der Waals surface area contributed by atoms with Gasteiger partial charge in [0.1, 0.15) is 0 Å². The maximum Gasteiger partial charge on any atom is -0.0224 e. The molecule has 8 aliphatic rings. The Morgan fingerprint density at radius 1 is 0.571 bits per heavy atom. The van der Waals surface area contributed by atoms with Crippen LogP contribution >= 0.6 is 0 Å². The summed E-state index contributed by atoms with van der Waals surface area (Å²) in [6.07, 6.45) is 6.60. The number of fused-ring (bicyclic) bond motifs is 4. The van der Waals surface area contributed by atoms with Crippen molar-refractivity contribution in [3.8, 4) is 0 Å². The molecule has 112 valence electrons. The molecule has 0 amide bonds. The summed E-state index contributed by atoms with van der Waals surface area (Å²) in [5, 5.41) is 0. The van der Waals surface area contributed by atoms with Gasteiger partial charge >= 0.3 is 0 Å². The third-order valence-electron chi connectivity index (χ3n) is 11.9. The Balaban J connectivity index is 1.52. The zero-order chi connectivity index (χ0) is 13.4. The lowest BCUT2D eigenvalue weighted by atomic mass is 9.69. The maximum absolute atomic E-state index is 2.85. The van der Waals surface area contributed by atoms with Gasteiger partial charge in [0.05, 0.1) is 0 Å². The molecule has 0 aromatic heterocycles. The van der Waals surface area contributed by atoms with Gasteiger partial charge in [0.15, 0.2) is 0 Å². The zero-order valence-corrected chi connectivity index (χ0v) is 13.4. The van der Waals surface area contributed by atoms with E-state index in [0.717, 1.165) is 11.3 Å². The fraction of sp³-hybridized carbons (Fsp3) is 1.00. The van der Waals surface area contributed by atoms with Crippen LogP contribution in [0.4, 0.5) is 0 Å². The average Bonchev–Trinajstić information content (AvgIpc) is 3.16. The van der Waals surface area contributed by atoms with Gasteiger partial charge in [-0.25, -0.2) is 0 Å². The third-order valence-corrected chi connectivity index (χ3v) is 11.9. The first-order chi connectivity index (χ1) is 10.2. The fourth-order valence-electron chi connectivity index (χ4n) is 12.8. The minimum absolute atomic E-state index is 0.848. The molecule has 0 radical (unpaired) electrons. The lowest BCUT2D eigenvalue weighted by Gasteiger charge is -2.35. The summed E-state index contributed by atoms with van der Waals surface area (Å²) in [6.45, 7) is 5.58. The van der Waals surface area contributed by atoms with Crippen LogP contribution in [0.5, 0.6) is 0 Å². The van der Waals surface area contributed by atoms with Gasteiger partial charge in [-0.05, 0) is 114 Å². The molecule has 21 heavy (non-hydrogen) atoms. The highest BCUT2D eigenvalue weighted by atomic mass is 14.9. The Morgan fingerprint density at radius 2 is 1.05 bits per heavy atom. The summed E-state index contributed by atoms with van der Waals surface area (Å²) < 4.78 is 0. The summed E-state index contributed by atoms with van der Waals surface area (Å²) in [7, 11) is 0. The fourth-order valence-corrected chi connectivity index (χ4v) is 12.8. The molecule has 0 aromatic rings. The first-order valence-electron chi connectivity index (χ1n) is 10.2. The maximum atomic E-state index is 2.85. The molecule has 15 atom stereocenters. The van der Waals surface area contributed by atoms with Crippen LogP contribution in [0.3, 0.4) is 0 Å². The van der Waals surface area contributed by atoms with E-state index in [1.165, 1.54) is 76.9 Å². The van der Waals surface area contributed by atoms with Gasteiger partial charge in [0.25, 0.3) is 0 Å². The summed E-state index contributed by atoms with van der Waals surface area (Å²) in [4.78, 5) is 0. The summed E-state index contributed by atoms with van der Waals surface area (Å²) >= 11 is 0. The Labute approximate surface area is 128 Å². The quantitative estimate of drug-likeness (QED) is 0.620. The van der Waals surface area contributed by atoms with Crippen LogP contribution in [0.1, 0.15) is 39.5 Å². The van der Waals surface area contributed by atoms with Crippen LogP contribution in [0.25, 0.3) is 0 Å². The number of hydrogen-bond donors (Lipinski definition) is 0. The highest BCUT2D eigenvalue weighted by molar-refractivity contribution is 5.35. The molecule has 0 heteroatoms. The summed E-state index contributed by atoms with van der Waals surface area (Å²) in [6, 6.07) is 0. The third kappa shape index (κ3) is 0.703. The van der Waals surface area contributed by atoms with E-state index >= 15 is 0 Å². The minimum Gasteiger partial charge on any atom is -0.0619 e. The molecule has 8 fully saturated rings. The Bertz CT molecular complexity index is 541. The molecular weight excluding hydrogens is 252 g/mol. The monoisotopic (exact) mass is 280 g/mol. The number of hydrogen-bond acceptors (Lipinski definition) is 0. The van der Waals surface area contributed by atoms with Crippen LogP contribution in [0.2, 0.25) is 0 Å². The van der Waals surface area contributed by atoms with Gasteiger partial charge in [-0.3, -0.25) is 0 Å². The van der Waals surface area contributed by atoms with Crippen LogP contribution in [0, 0.1) is 88.3 Å². The van der Waals surface area contributed by atoms with Gasteiger partial charge in [-0.1, -0.05) is 13.8 Å². The SMILES string of the molecule is CC1[C@@H]2[C@@H]3CC[C@H]4C5[C@@H]6CC[C@H]7[C@H]1[C@H]1[C@H]2[C@@H]([C@H]34)C5(C)[C@@H]1[C@H]76. The van der Waals surface area contributed by atoms with Gasteiger partial charge in [0, 0.05) is 0 Å². The molecule has 0 nitrogen and oxygen atoms in total. The molecule has 0 saturated heterocycles. The van der Waals surface area contributed by atoms with Gasteiger partial charge in [0.2, 0.25) is 0 Å². The zero-order valence-electron chi connectivity index (χ0n) is 13.4. The Morgan fingerprint density at radius 3 is 1.57 bits per heavy atom. The van der Waals surface area contributed by atoms with Gasteiger partial charge in [-0.2, -0.15) is 0 Å². The van der Waals surface area contributed by atoms with Crippen molar-refractivity contribution in [2.24, 2.45) is 88.3 Å². The van der Waals surface area contributed by atoms with Crippen molar-refractivity contribution in [2.75, 3.05) is 0 Å². The predicted octanol–water partition coefficient (Wildman–Crippen LogP) is 4.31. The van der Waals surface area contributed by atoms with Crippen molar-refractivity contribution in [1.29, 1.82) is 0 Å². The van der Waals surface area contributed by atoms with E-state index in [0.29, 0.717) is 0 Å². The molecule has 8 aliphatic carbocycles. The van der Waals surface area contributed by atoms with Crippen molar-refractivity contribution in [1.82, 2.24) is 0 Å². The second kappa shape index (κ2) is 2.67. The molecule has 0 spiro atoms. The normalized spacial score (nSPS) is 86.0. The van der Waals surface area contributed by atoms with E-state index < -0.39 is 0 Å². The highest BCUT2D eigenvalue weighted by Crippen LogP contribution is 2.92. The summed E-state index contributed by atoms with van der Waals surface area (Å²) in [5.74, 6) is 16.9. The molecule has 0 aliphatic heterocycles. The van der Waals surface area contributed by atoms with Crippen LogP contribution < -0.4 is 0 Å². The van der Waals surface area contributed by atoms with Crippen molar-refractivity contribution in [3.63, 3.8) is 0 Å². The van der Waals surface area contributed by atoms with Crippen molar-refractivity contribution in [3.05, 3.63) is 0 Å². The van der Waals surface area contributed by atoms with Crippen LogP contribution in [-0.4, -0.2) is 0 Å². The first kappa shape index (κ1) is 10.7. The molecule has 8 rings (SSSR count). The average molecular weight is 280 g/mol. The molecule has 8 saturated carbocycles. The van der Waals surface area contributed by atoms with Crippen LogP contribution in [-0.2, 0) is 0 Å². The smallest absolute Gasteiger partial charge is 0.0224 e. The molecule has 0 bridgehead atoms. The lowest BCUT2D eigenvalue weighted by Crippen LogP contribution is -2.30. The Kier molecular flexibility index (Phi) is 1.36. The van der Waals surface area contributed by atoms with Crippen molar-refractivity contribution < 1.29 is 0 Å². The van der Waals surface area contributed by atoms with E-state index in [1.54, 1.807) is 25.7 Å². The highest BCUT2D eigenvalue weighted by Gasteiger charge is 2.88. The molecule has 0 aromatic carbocycles. The standard InChI is InChI=1S/C21H28/c1-7-12-8-3-5-10-14(8)19-16(12)17-13(7)9-4-6-11-15(9)20(17)21(19,2)18(10)11/h7-20H,3-6H2,1-2H3/t7?,8-,9-,10+,11+,12-,13+,14+,15+,16-,17-,18?,19+,20+,21?/m0/s1. The molecule has 3 unspecified atom stereocenters. The molecule has 0 N–H and O–H groups in total. The molecule has 0 heterocycles. The summed E-state index contributed by atoms with van der Waals surface area (Å²) in [5.41, 5.74) is 0.848. The first-order valence-corrected chi connectivity index (χ1v) is 10.2. The molecular formula is C21H28. The topological polar surface area (TPSA) is 0 Å². The van der Waals surface area contributed by atoms with Crippen LogP contribution in [0.15, 0.2) is 0 Å². The van der Waals surface area contributed by atoms with Crippen molar-refractivity contribution in [2.45, 2.75) is 39.5 Å². The van der Waals surface area contributed by atoms with Gasteiger partial charge in [-0.15, -0.1) is 0 Å².